The Kier molecular flexibility index (Phi) is 5.06. The van der Waals surface area contributed by atoms with E-state index in [4.69, 9.17) is 0 Å². The molecular weight excluding hydrogens is 267 g/mol. The molecule has 0 aromatic rings. The van der Waals surface area contributed by atoms with E-state index in [0.29, 0.717) is 6.54 Å². The summed E-state index contributed by atoms with van der Waals surface area (Å²) in [5, 5.41) is 2.70. The first-order chi connectivity index (χ1) is 5.52. The van der Waals surface area contributed by atoms with Gasteiger partial charge in [0, 0.05) is 12.0 Å². The van der Waals surface area contributed by atoms with Crippen LogP contribution in [0.2, 0.25) is 0 Å². The van der Waals surface area contributed by atoms with E-state index in [9.17, 15) is 4.79 Å². The monoisotopic (exact) mass is 280 g/mol. The summed E-state index contributed by atoms with van der Waals surface area (Å²) in [6, 6.07) is -0.179. The smallest absolute Gasteiger partial charge is 0.323 e. The normalized spacial score (nSPS) is 9.67. The van der Waals surface area contributed by atoms with Gasteiger partial charge in [-0.15, -0.1) is 5.92 Å². The van der Waals surface area contributed by atoms with Crippen LogP contribution in [0.1, 0.15) is 20.8 Å². The van der Waals surface area contributed by atoms with Crippen LogP contribution in [0, 0.1) is 17.3 Å². The quantitative estimate of drug-likeness (QED) is 0.451. The molecule has 4 heteroatoms. The van der Waals surface area contributed by atoms with Gasteiger partial charge in [-0.05, 0) is 20.8 Å². The topological polar surface area (TPSA) is 41.1 Å². The minimum Gasteiger partial charge on any atom is -0.336 e. The molecular formula is C8H13IN2O. The third-order valence-corrected chi connectivity index (χ3v) is 1.73. The van der Waals surface area contributed by atoms with Crippen molar-refractivity contribution < 1.29 is 4.79 Å². The lowest BCUT2D eigenvalue weighted by Crippen LogP contribution is -2.36. The molecule has 2 amide bonds. The zero-order valence-electron chi connectivity index (χ0n) is 7.49. The molecule has 0 aliphatic rings. The summed E-state index contributed by atoms with van der Waals surface area (Å²) in [6.07, 6.45) is 0. The molecule has 0 atom stereocenters. The van der Waals surface area contributed by atoms with Crippen LogP contribution < -0.4 is 8.85 Å². The molecule has 0 aromatic carbocycles. The van der Waals surface area contributed by atoms with Crippen molar-refractivity contribution in [3.05, 3.63) is 0 Å². The van der Waals surface area contributed by atoms with Gasteiger partial charge in [0.2, 0.25) is 0 Å². The van der Waals surface area contributed by atoms with Gasteiger partial charge < -0.3 is 5.32 Å². The summed E-state index contributed by atoms with van der Waals surface area (Å²) in [5.41, 5.74) is -0.155. The maximum atomic E-state index is 10.8. The molecule has 0 radical (unpaired) electrons. The van der Waals surface area contributed by atoms with Gasteiger partial charge in [0.1, 0.15) is 0 Å². The van der Waals surface area contributed by atoms with E-state index in [-0.39, 0.29) is 11.4 Å². The highest BCUT2D eigenvalue weighted by Crippen LogP contribution is 2.10. The van der Waals surface area contributed by atoms with E-state index >= 15 is 0 Å². The average Bonchev–Trinajstić information content (AvgIpc) is 2.00. The lowest BCUT2D eigenvalue weighted by atomic mass is 9.95. The Bertz CT molecular complexity index is 215. The number of hydrogen-bond donors (Lipinski definition) is 2. The molecule has 0 unspecified atom stereocenters. The van der Waals surface area contributed by atoms with E-state index in [0.717, 1.165) is 0 Å². The Hall–Kier alpha value is -0.440. The maximum Gasteiger partial charge on any atom is 0.323 e. The van der Waals surface area contributed by atoms with Crippen molar-refractivity contribution in [3.63, 3.8) is 0 Å². The summed E-state index contributed by atoms with van der Waals surface area (Å²) >= 11 is 1.79. The summed E-state index contributed by atoms with van der Waals surface area (Å²) in [7, 11) is 0. The van der Waals surface area contributed by atoms with Gasteiger partial charge in [0.25, 0.3) is 0 Å². The molecule has 0 aliphatic carbocycles. The summed E-state index contributed by atoms with van der Waals surface area (Å²) in [6.45, 7) is 6.32. The minimum atomic E-state index is -0.179. The maximum absolute atomic E-state index is 10.8. The first-order valence-corrected chi connectivity index (χ1v) is 4.68. The van der Waals surface area contributed by atoms with Crippen molar-refractivity contribution in [2.45, 2.75) is 20.8 Å². The standard InChI is InChI=1S/C8H13IN2O/c1-4-5-8(2,3)6-10-7(12)11-9/h6H2,1-3H3,(H2,10,11,12). The summed E-state index contributed by atoms with van der Waals surface area (Å²) in [4.78, 5) is 10.8. The number of carbonyl (C=O) groups is 1. The van der Waals surface area contributed by atoms with Crippen LogP contribution >= 0.6 is 22.9 Å². The molecule has 0 saturated heterocycles. The van der Waals surface area contributed by atoms with Crippen molar-refractivity contribution >= 4 is 28.9 Å². The molecule has 3 nitrogen and oxygen atoms in total. The van der Waals surface area contributed by atoms with Crippen molar-refractivity contribution in [2.24, 2.45) is 5.41 Å². The van der Waals surface area contributed by atoms with Gasteiger partial charge in [-0.2, -0.15) is 0 Å². The second kappa shape index (κ2) is 5.25. The third-order valence-electron chi connectivity index (χ3n) is 1.24. The summed E-state index contributed by atoms with van der Waals surface area (Å²) < 4.78 is 2.45. The second-order valence-electron chi connectivity index (χ2n) is 3.04. The van der Waals surface area contributed by atoms with Crippen LogP contribution in [-0.4, -0.2) is 12.6 Å². The molecule has 0 heterocycles. The predicted octanol–water partition coefficient (Wildman–Crippen LogP) is 1.69. The predicted molar refractivity (Wildman–Crippen MR) is 57.8 cm³/mol. The first kappa shape index (κ1) is 11.6. The van der Waals surface area contributed by atoms with E-state index < -0.39 is 0 Å². The van der Waals surface area contributed by atoms with Gasteiger partial charge in [0.05, 0.1) is 22.9 Å². The van der Waals surface area contributed by atoms with E-state index in [2.05, 4.69) is 20.7 Å². The van der Waals surface area contributed by atoms with E-state index in [1.54, 1.807) is 29.8 Å². The van der Waals surface area contributed by atoms with Crippen LogP contribution in [0.4, 0.5) is 4.79 Å². The zero-order chi connectivity index (χ0) is 9.61. The molecule has 0 aliphatic heterocycles. The largest absolute Gasteiger partial charge is 0.336 e. The SMILES string of the molecule is CC#CC(C)(C)CNC(=O)NI. The van der Waals surface area contributed by atoms with Crippen LogP contribution in [0.25, 0.3) is 0 Å². The second-order valence-corrected chi connectivity index (χ2v) is 3.58. The number of hydrogen-bond acceptors (Lipinski definition) is 1. The molecule has 0 aromatic heterocycles. The van der Waals surface area contributed by atoms with Gasteiger partial charge in [-0.3, -0.25) is 3.53 Å². The third kappa shape index (κ3) is 5.24. The zero-order valence-corrected chi connectivity index (χ0v) is 9.65. The fraction of sp³-hybridized carbons (Fsp3) is 0.625. The molecule has 0 saturated carbocycles. The van der Waals surface area contributed by atoms with Crippen LogP contribution in [-0.2, 0) is 0 Å². The van der Waals surface area contributed by atoms with E-state index in [1.165, 1.54) is 0 Å². The lowest BCUT2D eigenvalue weighted by Gasteiger charge is -2.17. The number of carbonyl (C=O) groups excluding carboxylic acids is 1. The Balaban J connectivity index is 3.89. The molecule has 0 rings (SSSR count). The highest BCUT2D eigenvalue weighted by Gasteiger charge is 2.14. The highest BCUT2D eigenvalue weighted by atomic mass is 127. The Morgan fingerprint density at radius 3 is 2.58 bits per heavy atom. The Morgan fingerprint density at radius 1 is 1.58 bits per heavy atom. The number of urea groups is 1. The van der Waals surface area contributed by atoms with Gasteiger partial charge in [0.15, 0.2) is 0 Å². The van der Waals surface area contributed by atoms with Crippen LogP contribution in [0.5, 0.6) is 0 Å². The van der Waals surface area contributed by atoms with Crippen molar-refractivity contribution in [1.82, 2.24) is 8.85 Å². The fourth-order valence-electron chi connectivity index (χ4n) is 0.717. The van der Waals surface area contributed by atoms with Crippen molar-refractivity contribution in [1.29, 1.82) is 0 Å². The fourth-order valence-corrected chi connectivity index (χ4v) is 0.908. The molecule has 0 spiro atoms. The molecule has 68 valence electrons. The van der Waals surface area contributed by atoms with Gasteiger partial charge in [-0.25, -0.2) is 4.79 Å². The van der Waals surface area contributed by atoms with E-state index in [1.807, 2.05) is 13.8 Å². The highest BCUT2D eigenvalue weighted by molar-refractivity contribution is 14.1. The minimum absolute atomic E-state index is 0.155. The number of amides is 2. The van der Waals surface area contributed by atoms with Crippen molar-refractivity contribution in [3.8, 4) is 11.8 Å². The number of rotatable bonds is 2. The van der Waals surface area contributed by atoms with Crippen LogP contribution in [0.15, 0.2) is 0 Å². The van der Waals surface area contributed by atoms with Crippen LogP contribution in [0.3, 0.4) is 0 Å². The molecule has 0 bridgehead atoms. The summed E-state index contributed by atoms with van der Waals surface area (Å²) in [5.74, 6) is 5.83. The molecule has 0 fully saturated rings. The number of nitrogens with one attached hydrogen (secondary N) is 2. The van der Waals surface area contributed by atoms with Gasteiger partial charge >= 0.3 is 6.03 Å². The van der Waals surface area contributed by atoms with Gasteiger partial charge in [-0.1, -0.05) is 5.92 Å². The first-order valence-electron chi connectivity index (χ1n) is 3.60. The average molecular weight is 280 g/mol. The molecule has 2 N–H and O–H groups in total. The Labute approximate surface area is 87.2 Å². The lowest BCUT2D eigenvalue weighted by molar-refractivity contribution is 0.244. The molecule has 12 heavy (non-hydrogen) atoms. The van der Waals surface area contributed by atoms with Crippen molar-refractivity contribution in [2.75, 3.05) is 6.54 Å². The number of halogens is 1. The Morgan fingerprint density at radius 2 is 2.17 bits per heavy atom.